The number of carbonyl (C=O) groups excluding carboxylic acids is 2. The van der Waals surface area contributed by atoms with Gasteiger partial charge in [-0.05, 0) is 31.5 Å². The van der Waals surface area contributed by atoms with Crippen LogP contribution in [0.3, 0.4) is 0 Å². The summed E-state index contributed by atoms with van der Waals surface area (Å²) in [5.41, 5.74) is 0.291. The highest BCUT2D eigenvalue weighted by molar-refractivity contribution is 5.79. The zero-order valence-electron chi connectivity index (χ0n) is 14.8. The average Bonchev–Trinajstić information content (AvgIpc) is 2.75. The van der Waals surface area contributed by atoms with Gasteiger partial charge in [0, 0.05) is 25.0 Å². The second-order valence-electron chi connectivity index (χ2n) is 6.99. The van der Waals surface area contributed by atoms with E-state index in [1.165, 1.54) is 0 Å². The van der Waals surface area contributed by atoms with E-state index < -0.39 is 5.60 Å². The Morgan fingerprint density at radius 1 is 1.32 bits per heavy atom. The summed E-state index contributed by atoms with van der Waals surface area (Å²) >= 11 is 0. The molecule has 1 aromatic heterocycles. The summed E-state index contributed by atoms with van der Waals surface area (Å²) in [5, 5.41) is 0. The number of morpholine rings is 1. The van der Waals surface area contributed by atoms with Gasteiger partial charge >= 0.3 is 0 Å². The summed E-state index contributed by atoms with van der Waals surface area (Å²) in [6, 6.07) is 3.77. The molecule has 136 valence electrons. The van der Waals surface area contributed by atoms with Crippen molar-refractivity contribution < 1.29 is 19.1 Å². The molecule has 7 heteroatoms. The quantitative estimate of drug-likeness (QED) is 0.796. The Bertz CT molecular complexity index is 622. The highest BCUT2D eigenvalue weighted by Gasteiger charge is 2.43. The highest BCUT2D eigenvalue weighted by Crippen LogP contribution is 2.24. The maximum atomic E-state index is 12.7. The van der Waals surface area contributed by atoms with Crippen LogP contribution in [0.2, 0.25) is 0 Å². The van der Waals surface area contributed by atoms with Crippen LogP contribution < -0.4 is 0 Å². The van der Waals surface area contributed by atoms with Crippen molar-refractivity contribution >= 4 is 11.8 Å². The monoisotopic (exact) mass is 347 g/mol. The van der Waals surface area contributed by atoms with E-state index in [-0.39, 0.29) is 24.5 Å². The lowest BCUT2D eigenvalue weighted by Crippen LogP contribution is -2.61. The third kappa shape index (κ3) is 4.16. The highest BCUT2D eigenvalue weighted by atomic mass is 16.5. The number of ether oxygens (including phenoxy) is 2. The van der Waals surface area contributed by atoms with Crippen molar-refractivity contribution in [1.82, 2.24) is 14.8 Å². The number of hydrogen-bond donors (Lipinski definition) is 0. The molecule has 2 saturated heterocycles. The maximum Gasteiger partial charge on any atom is 0.248 e. The van der Waals surface area contributed by atoms with Gasteiger partial charge in [-0.15, -0.1) is 0 Å². The number of nitrogens with zero attached hydrogens (tertiary/aromatic N) is 3. The number of pyridine rings is 1. The van der Waals surface area contributed by atoms with Crippen molar-refractivity contribution in [3.63, 3.8) is 0 Å². The van der Waals surface area contributed by atoms with Crippen LogP contribution in [-0.2, 0) is 25.5 Å². The fourth-order valence-electron chi connectivity index (χ4n) is 3.35. The molecule has 0 aromatic carbocycles. The van der Waals surface area contributed by atoms with Gasteiger partial charge in [0.1, 0.15) is 12.2 Å². The summed E-state index contributed by atoms with van der Waals surface area (Å²) in [7, 11) is 0. The smallest absolute Gasteiger partial charge is 0.248 e. The maximum absolute atomic E-state index is 12.7. The largest absolute Gasteiger partial charge is 0.368 e. The first-order chi connectivity index (χ1) is 12.0. The third-order valence-electron chi connectivity index (χ3n) is 4.70. The Hall–Kier alpha value is -1.99. The Balaban J connectivity index is 1.71. The van der Waals surface area contributed by atoms with Gasteiger partial charge in [-0.1, -0.05) is 0 Å². The molecule has 2 aliphatic heterocycles. The minimum absolute atomic E-state index is 0.0317. The molecule has 2 aliphatic rings. The lowest BCUT2D eigenvalue weighted by Gasteiger charge is -2.44. The van der Waals surface area contributed by atoms with Crippen LogP contribution in [0.25, 0.3) is 0 Å². The minimum atomic E-state index is -0.650. The molecule has 1 atom stereocenters. The van der Waals surface area contributed by atoms with Crippen LogP contribution in [0, 0.1) is 0 Å². The minimum Gasteiger partial charge on any atom is -0.368 e. The van der Waals surface area contributed by atoms with E-state index in [1.54, 1.807) is 17.3 Å². The lowest BCUT2D eigenvalue weighted by molar-refractivity contribution is -0.162. The summed E-state index contributed by atoms with van der Waals surface area (Å²) in [6.07, 6.45) is 3.72. The van der Waals surface area contributed by atoms with Crippen molar-refractivity contribution in [3.05, 3.63) is 30.1 Å². The predicted molar refractivity (Wildman–Crippen MR) is 90.9 cm³/mol. The molecule has 2 amide bonds. The van der Waals surface area contributed by atoms with Crippen molar-refractivity contribution in [2.24, 2.45) is 0 Å². The molecule has 1 unspecified atom stereocenters. The molecule has 0 radical (unpaired) electrons. The first-order valence-electron chi connectivity index (χ1n) is 8.67. The molecule has 3 heterocycles. The Morgan fingerprint density at radius 3 is 2.80 bits per heavy atom. The zero-order chi connectivity index (χ0) is 17.9. The van der Waals surface area contributed by atoms with Gasteiger partial charge in [0.2, 0.25) is 11.8 Å². The van der Waals surface area contributed by atoms with Crippen LogP contribution in [0.1, 0.15) is 19.4 Å². The number of rotatable bonds is 3. The molecule has 2 fully saturated rings. The molecular weight excluding hydrogens is 322 g/mol. The Kier molecular flexibility index (Phi) is 5.34. The molecule has 0 N–H and O–H groups in total. The van der Waals surface area contributed by atoms with Gasteiger partial charge in [-0.3, -0.25) is 14.6 Å². The van der Waals surface area contributed by atoms with E-state index in [9.17, 15) is 9.59 Å². The van der Waals surface area contributed by atoms with E-state index >= 15 is 0 Å². The normalized spacial score (nSPS) is 24.7. The van der Waals surface area contributed by atoms with E-state index in [4.69, 9.17) is 9.47 Å². The van der Waals surface area contributed by atoms with E-state index in [0.29, 0.717) is 39.3 Å². The molecule has 0 bridgehead atoms. The van der Waals surface area contributed by atoms with Crippen molar-refractivity contribution in [3.8, 4) is 0 Å². The molecule has 7 nitrogen and oxygen atoms in total. The fraction of sp³-hybridized carbons (Fsp3) is 0.611. The zero-order valence-corrected chi connectivity index (χ0v) is 14.8. The molecule has 0 aliphatic carbocycles. The van der Waals surface area contributed by atoms with Crippen LogP contribution >= 0.6 is 0 Å². The Morgan fingerprint density at radius 2 is 2.08 bits per heavy atom. The fourth-order valence-corrected chi connectivity index (χ4v) is 3.35. The summed E-state index contributed by atoms with van der Waals surface area (Å²) in [4.78, 5) is 32.5. The first kappa shape index (κ1) is 17.8. The van der Waals surface area contributed by atoms with Gasteiger partial charge in [-0.2, -0.15) is 0 Å². The number of amides is 2. The predicted octanol–water partition coefficient (Wildman–Crippen LogP) is 0.489. The van der Waals surface area contributed by atoms with Crippen LogP contribution in [0.4, 0.5) is 0 Å². The second-order valence-corrected chi connectivity index (χ2v) is 6.99. The number of hydrogen-bond acceptors (Lipinski definition) is 5. The first-order valence-corrected chi connectivity index (χ1v) is 8.67. The second kappa shape index (κ2) is 7.49. The van der Waals surface area contributed by atoms with Gasteiger partial charge in [0.15, 0.2) is 0 Å². The topological polar surface area (TPSA) is 72.0 Å². The standard InChI is InChI=1S/C18H25N3O4/c1-14(2)21-12-18(13-24-10-17(21)23)11-20(7-8-25-18)16(22)9-15-3-5-19-6-4-15/h3-6,14H,7-13H2,1-2H3. The van der Waals surface area contributed by atoms with E-state index in [1.807, 2.05) is 30.9 Å². The lowest BCUT2D eigenvalue weighted by atomic mass is 10.0. The van der Waals surface area contributed by atoms with Gasteiger partial charge in [0.25, 0.3) is 0 Å². The van der Waals surface area contributed by atoms with Crippen molar-refractivity contribution in [1.29, 1.82) is 0 Å². The molecule has 0 saturated carbocycles. The van der Waals surface area contributed by atoms with E-state index in [2.05, 4.69) is 4.98 Å². The van der Waals surface area contributed by atoms with Gasteiger partial charge < -0.3 is 19.3 Å². The molecule has 1 spiro atoms. The Labute approximate surface area is 147 Å². The molecular formula is C18H25N3O4. The number of aromatic nitrogens is 1. The van der Waals surface area contributed by atoms with Crippen LogP contribution in [-0.4, -0.2) is 77.7 Å². The average molecular weight is 347 g/mol. The summed E-state index contributed by atoms with van der Waals surface area (Å²) in [5.74, 6) is 0.0243. The van der Waals surface area contributed by atoms with E-state index in [0.717, 1.165) is 5.56 Å². The van der Waals surface area contributed by atoms with Crippen LogP contribution in [0.15, 0.2) is 24.5 Å². The SMILES string of the molecule is CC(C)N1CC2(COCC1=O)CN(C(=O)Cc1ccncc1)CCO2. The van der Waals surface area contributed by atoms with Gasteiger partial charge in [0.05, 0.1) is 32.7 Å². The molecule has 3 rings (SSSR count). The molecule has 25 heavy (non-hydrogen) atoms. The van der Waals surface area contributed by atoms with Crippen molar-refractivity contribution in [2.75, 3.05) is 39.5 Å². The van der Waals surface area contributed by atoms with Crippen molar-refractivity contribution in [2.45, 2.75) is 31.9 Å². The van der Waals surface area contributed by atoms with Crippen LogP contribution in [0.5, 0.6) is 0 Å². The third-order valence-corrected chi connectivity index (χ3v) is 4.70. The molecule has 1 aromatic rings. The number of carbonyl (C=O) groups is 2. The summed E-state index contributed by atoms with van der Waals surface area (Å²) in [6.45, 7) is 6.23. The summed E-state index contributed by atoms with van der Waals surface area (Å²) < 4.78 is 11.6. The van der Waals surface area contributed by atoms with Gasteiger partial charge in [-0.25, -0.2) is 0 Å².